The first kappa shape index (κ1) is 52.8. The smallest absolute Gasteiger partial charge is 0.397 e. The lowest BCUT2D eigenvalue weighted by atomic mass is 9.99. The largest absolute Gasteiger partial charge is 0.457 e. The van der Waals surface area contributed by atoms with Crippen LogP contribution in [0.5, 0.6) is 0 Å². The molecule has 1 fully saturated rings. The Balaban J connectivity index is 2.48. The molecule has 6 unspecified atom stereocenters. The Morgan fingerprint density at radius 1 is 0.684 bits per heavy atom. The molecule has 1 rings (SSSR count). The van der Waals surface area contributed by atoms with Crippen LogP contribution < -0.4 is 0 Å². The number of carbonyl (C=O) groups excluding carboxylic acids is 1. The van der Waals surface area contributed by atoms with Gasteiger partial charge in [0.2, 0.25) is 0 Å². The minimum absolute atomic E-state index is 0.0140. The number of ether oxygens (including phenoxy) is 4. The van der Waals surface area contributed by atoms with E-state index < -0.39 is 59.8 Å². The van der Waals surface area contributed by atoms with Crippen molar-refractivity contribution in [1.82, 2.24) is 0 Å². The van der Waals surface area contributed by atoms with E-state index in [-0.39, 0.29) is 19.6 Å². The number of esters is 1. The van der Waals surface area contributed by atoms with Crippen LogP contribution in [0.2, 0.25) is 0 Å². The maximum atomic E-state index is 12.8. The Bertz CT molecular complexity index is 1230. The molecular weight excluding hydrogens is 753 g/mol. The first-order chi connectivity index (χ1) is 27.6. The van der Waals surface area contributed by atoms with Gasteiger partial charge in [-0.25, -0.2) is 4.18 Å². The fraction of sp³-hybridized carbons (Fsp3) is 0.750. The molecule has 0 amide bonds. The number of aliphatic hydroxyl groups excluding tert-OH is 3. The summed E-state index contributed by atoms with van der Waals surface area (Å²) in [5.41, 5.74) is 0. The predicted octanol–water partition coefficient (Wildman–Crippen LogP) is 8.57. The molecule has 0 aliphatic carbocycles. The van der Waals surface area contributed by atoms with Crippen molar-refractivity contribution < 1.29 is 56.2 Å². The van der Waals surface area contributed by atoms with Crippen molar-refractivity contribution in [3.05, 3.63) is 60.8 Å². The van der Waals surface area contributed by atoms with E-state index in [9.17, 15) is 28.5 Å². The minimum Gasteiger partial charge on any atom is -0.457 e. The van der Waals surface area contributed by atoms with Crippen molar-refractivity contribution in [3.63, 3.8) is 0 Å². The van der Waals surface area contributed by atoms with Crippen LogP contribution in [0.4, 0.5) is 0 Å². The monoisotopic (exact) mass is 829 g/mol. The maximum absolute atomic E-state index is 12.8. The third-order valence-electron chi connectivity index (χ3n) is 9.37. The number of unbranched alkanes of at least 4 members (excludes halogenated alkanes) is 13. The molecule has 6 atom stereocenters. The molecule has 1 aliphatic heterocycles. The van der Waals surface area contributed by atoms with E-state index in [4.69, 9.17) is 23.5 Å². The van der Waals surface area contributed by atoms with Crippen molar-refractivity contribution in [1.29, 1.82) is 0 Å². The zero-order valence-electron chi connectivity index (χ0n) is 34.9. The Morgan fingerprint density at radius 3 is 1.77 bits per heavy atom. The standard InChI is InChI=1S/C44H76O12S/c1-3-5-7-9-11-13-15-17-18-19-20-22-24-26-28-30-32-34-52-36-38(37-53-44-42(48)43(56-57(49,50)51)41(47)39(35-45)55-44)54-40(46)33-31-29-27-25-23-21-16-14-12-10-8-6-4-2/h6,8,12-15,18-19,21,23,38-39,41-45,47-48H,3-5,7,9-11,16-17,20,22,24-37H2,1-2H3,(H,49,50,51)/b8-6-,14-12-,15-13-,19-18-,23-21-. The maximum Gasteiger partial charge on any atom is 0.397 e. The van der Waals surface area contributed by atoms with Crippen LogP contribution >= 0.6 is 0 Å². The Labute approximate surface area is 344 Å². The van der Waals surface area contributed by atoms with Gasteiger partial charge in [-0.2, -0.15) is 8.42 Å². The lowest BCUT2D eigenvalue weighted by Gasteiger charge is -2.41. The second-order valence-electron chi connectivity index (χ2n) is 14.5. The van der Waals surface area contributed by atoms with Crippen LogP contribution in [-0.4, -0.2) is 97.5 Å². The molecule has 13 heteroatoms. The van der Waals surface area contributed by atoms with Crippen LogP contribution in [0.25, 0.3) is 0 Å². The van der Waals surface area contributed by atoms with Crippen molar-refractivity contribution in [2.24, 2.45) is 0 Å². The summed E-state index contributed by atoms with van der Waals surface area (Å²) in [6.07, 6.45) is 34.0. The second-order valence-corrected chi connectivity index (χ2v) is 15.6. The lowest BCUT2D eigenvalue weighted by Crippen LogP contribution is -2.60. The SMILES string of the molecule is CC/C=C\C/C=C\C/C=C\CCCCCC(=O)OC(COCCCCCCCC/C=C\C/C=C\CCCCCC)COC1OC(CO)C(O)C(OS(=O)(=O)O)C1O. The number of rotatable bonds is 36. The summed E-state index contributed by atoms with van der Waals surface area (Å²) in [6.45, 7) is 3.77. The van der Waals surface area contributed by atoms with E-state index in [1.807, 2.05) is 0 Å². The summed E-state index contributed by atoms with van der Waals surface area (Å²) in [5.74, 6) is -0.435. The third-order valence-corrected chi connectivity index (χ3v) is 9.84. The molecule has 57 heavy (non-hydrogen) atoms. The molecule has 0 radical (unpaired) electrons. The highest BCUT2D eigenvalue weighted by molar-refractivity contribution is 7.80. The van der Waals surface area contributed by atoms with Gasteiger partial charge in [0.15, 0.2) is 6.29 Å². The zero-order valence-corrected chi connectivity index (χ0v) is 35.7. The van der Waals surface area contributed by atoms with Gasteiger partial charge in [-0.05, 0) is 77.0 Å². The average Bonchev–Trinajstić information content (AvgIpc) is 3.18. The van der Waals surface area contributed by atoms with Gasteiger partial charge < -0.3 is 34.3 Å². The minimum atomic E-state index is -5.07. The second kappa shape index (κ2) is 35.7. The van der Waals surface area contributed by atoms with Gasteiger partial charge in [0.1, 0.15) is 30.5 Å². The number of allylic oxidation sites excluding steroid dienone is 10. The van der Waals surface area contributed by atoms with Crippen LogP contribution in [0.15, 0.2) is 60.8 Å². The molecule has 0 aromatic rings. The molecule has 0 aromatic carbocycles. The van der Waals surface area contributed by atoms with Crippen molar-refractivity contribution >= 4 is 16.4 Å². The summed E-state index contributed by atoms with van der Waals surface area (Å²) >= 11 is 0. The zero-order chi connectivity index (χ0) is 41.8. The molecule has 1 saturated heterocycles. The summed E-state index contributed by atoms with van der Waals surface area (Å²) in [5, 5.41) is 30.6. The normalized spacial score (nSPS) is 21.3. The first-order valence-corrected chi connectivity index (χ1v) is 22.9. The lowest BCUT2D eigenvalue weighted by molar-refractivity contribution is -0.301. The fourth-order valence-corrected chi connectivity index (χ4v) is 6.64. The van der Waals surface area contributed by atoms with E-state index in [0.717, 1.165) is 77.0 Å². The molecule has 4 N–H and O–H groups in total. The molecule has 1 heterocycles. The Hall–Kier alpha value is -2.20. The highest BCUT2D eigenvalue weighted by Crippen LogP contribution is 2.26. The van der Waals surface area contributed by atoms with Gasteiger partial charge in [-0.3, -0.25) is 9.35 Å². The molecule has 330 valence electrons. The summed E-state index contributed by atoms with van der Waals surface area (Å²) in [7, 11) is -5.07. The molecule has 0 saturated carbocycles. The quantitative estimate of drug-likeness (QED) is 0.0205. The van der Waals surface area contributed by atoms with Gasteiger partial charge in [0.25, 0.3) is 0 Å². The average molecular weight is 829 g/mol. The molecule has 0 spiro atoms. The molecule has 0 bridgehead atoms. The van der Waals surface area contributed by atoms with Crippen molar-refractivity contribution in [3.8, 4) is 0 Å². The molecular formula is C44H76O12S. The summed E-state index contributed by atoms with van der Waals surface area (Å²) < 4.78 is 58.9. The topological polar surface area (TPSA) is 178 Å². The van der Waals surface area contributed by atoms with Crippen LogP contribution in [0, 0.1) is 0 Å². The number of carbonyl (C=O) groups is 1. The Kier molecular flexibility index (Phi) is 33.1. The van der Waals surface area contributed by atoms with Gasteiger partial charge in [0, 0.05) is 13.0 Å². The van der Waals surface area contributed by atoms with E-state index in [0.29, 0.717) is 13.0 Å². The highest BCUT2D eigenvalue weighted by atomic mass is 32.3. The third kappa shape index (κ3) is 29.6. The number of hydrogen-bond acceptors (Lipinski definition) is 11. The first-order valence-electron chi connectivity index (χ1n) is 21.5. The van der Waals surface area contributed by atoms with E-state index in [1.165, 1.54) is 44.9 Å². The van der Waals surface area contributed by atoms with Gasteiger partial charge in [0.05, 0.1) is 19.8 Å². The molecule has 0 aromatic heterocycles. The highest BCUT2D eigenvalue weighted by Gasteiger charge is 2.48. The molecule has 12 nitrogen and oxygen atoms in total. The van der Waals surface area contributed by atoms with E-state index in [2.05, 4.69) is 78.8 Å². The van der Waals surface area contributed by atoms with Crippen molar-refractivity contribution in [2.75, 3.05) is 26.4 Å². The van der Waals surface area contributed by atoms with Gasteiger partial charge >= 0.3 is 16.4 Å². The summed E-state index contributed by atoms with van der Waals surface area (Å²) in [6, 6.07) is 0. The summed E-state index contributed by atoms with van der Waals surface area (Å²) in [4.78, 5) is 12.8. The fourth-order valence-electron chi connectivity index (χ4n) is 6.13. The van der Waals surface area contributed by atoms with Crippen LogP contribution in [0.1, 0.15) is 149 Å². The van der Waals surface area contributed by atoms with Crippen LogP contribution in [-0.2, 0) is 38.3 Å². The van der Waals surface area contributed by atoms with Gasteiger partial charge in [-0.15, -0.1) is 0 Å². The van der Waals surface area contributed by atoms with Crippen LogP contribution in [0.3, 0.4) is 0 Å². The Morgan fingerprint density at radius 2 is 1.21 bits per heavy atom. The van der Waals surface area contributed by atoms with E-state index >= 15 is 0 Å². The predicted molar refractivity (Wildman–Crippen MR) is 225 cm³/mol. The van der Waals surface area contributed by atoms with E-state index in [1.54, 1.807) is 0 Å². The van der Waals surface area contributed by atoms with Gasteiger partial charge in [-0.1, -0.05) is 126 Å². The molecule has 1 aliphatic rings. The number of aliphatic hydroxyl groups is 3. The number of hydrogen-bond donors (Lipinski definition) is 4. The van der Waals surface area contributed by atoms with Crippen molar-refractivity contribution in [2.45, 2.75) is 185 Å².